The third kappa shape index (κ3) is 4.66. The number of amides is 2. The summed E-state index contributed by atoms with van der Waals surface area (Å²) in [6, 6.07) is 15.3. The minimum Gasteiger partial charge on any atom is -0.361 e. The van der Waals surface area contributed by atoms with Crippen LogP contribution in [0.1, 0.15) is 24.0 Å². The number of nitrogens with zero attached hydrogens (tertiary/aromatic N) is 2. The van der Waals surface area contributed by atoms with E-state index in [9.17, 15) is 9.59 Å². The molecule has 0 aliphatic heterocycles. The summed E-state index contributed by atoms with van der Waals surface area (Å²) in [7, 11) is 1.42. The molecule has 32 heavy (non-hydrogen) atoms. The molecule has 1 atom stereocenters. The predicted molar refractivity (Wildman–Crippen MR) is 127 cm³/mol. The van der Waals surface area contributed by atoms with E-state index in [4.69, 9.17) is 5.26 Å². The summed E-state index contributed by atoms with van der Waals surface area (Å²) in [4.78, 5) is 29.7. The van der Waals surface area contributed by atoms with Gasteiger partial charge in [0.25, 0.3) is 5.91 Å². The fourth-order valence-corrected chi connectivity index (χ4v) is 4.91. The van der Waals surface area contributed by atoms with Crippen LogP contribution in [0.5, 0.6) is 0 Å². The molecule has 7 heteroatoms. The highest BCUT2D eigenvalue weighted by molar-refractivity contribution is 7.17. The molecule has 0 radical (unpaired) electrons. The van der Waals surface area contributed by atoms with Gasteiger partial charge in [0, 0.05) is 41.7 Å². The molecule has 2 N–H and O–H groups in total. The molecule has 0 aliphatic carbocycles. The largest absolute Gasteiger partial charge is 0.361 e. The lowest BCUT2D eigenvalue weighted by molar-refractivity contribution is -0.133. The number of aromatic amines is 1. The van der Waals surface area contributed by atoms with E-state index in [0.29, 0.717) is 19.3 Å². The lowest BCUT2D eigenvalue weighted by Gasteiger charge is -2.20. The van der Waals surface area contributed by atoms with Gasteiger partial charge in [-0.2, -0.15) is 5.26 Å². The lowest BCUT2D eigenvalue weighted by Crippen LogP contribution is -2.47. The molecule has 162 valence electrons. The van der Waals surface area contributed by atoms with Crippen molar-refractivity contribution in [1.82, 2.24) is 15.2 Å². The first-order valence-electron chi connectivity index (χ1n) is 10.5. The number of rotatable bonds is 8. The van der Waals surface area contributed by atoms with Gasteiger partial charge in [0.05, 0.1) is 0 Å². The van der Waals surface area contributed by atoms with Gasteiger partial charge in [-0.25, -0.2) is 0 Å². The molecule has 2 aromatic heterocycles. The maximum atomic E-state index is 12.8. The van der Waals surface area contributed by atoms with Gasteiger partial charge in [-0.05, 0) is 46.9 Å². The summed E-state index contributed by atoms with van der Waals surface area (Å²) in [5.74, 6) is -0.596. The number of aryl methyl sites for hydroxylation is 1. The van der Waals surface area contributed by atoms with Crippen molar-refractivity contribution in [2.45, 2.75) is 31.7 Å². The Bertz CT molecular complexity index is 1300. The Morgan fingerprint density at radius 3 is 2.69 bits per heavy atom. The topological polar surface area (TPSA) is 89.0 Å². The summed E-state index contributed by atoms with van der Waals surface area (Å²) in [5, 5.41) is 16.3. The minimum atomic E-state index is -0.779. The molecule has 1 unspecified atom stereocenters. The second-order valence-electron chi connectivity index (χ2n) is 7.79. The standard InChI is InChI=1S/C25H24N4O2S/c1-29(16-26)25(31)22(13-18-15-32-23-11-5-3-9-20(18)23)28-24(30)12-6-7-17-14-27-21-10-4-2-8-19(17)21/h2-5,8-11,14-15,22,27H,6-7,12-13H2,1H3,(H,28,30). The second kappa shape index (κ2) is 9.67. The molecule has 2 heterocycles. The normalized spacial score (nSPS) is 11.9. The van der Waals surface area contributed by atoms with Crippen LogP contribution in [0.3, 0.4) is 0 Å². The van der Waals surface area contributed by atoms with Crippen molar-refractivity contribution in [2.24, 2.45) is 0 Å². The maximum absolute atomic E-state index is 12.8. The van der Waals surface area contributed by atoms with Crippen LogP contribution < -0.4 is 5.32 Å². The number of likely N-dealkylation sites (N-methyl/N-ethyl adjacent to an activating group) is 1. The third-order valence-corrected chi connectivity index (χ3v) is 6.64. The summed E-state index contributed by atoms with van der Waals surface area (Å²) in [6.07, 6.45) is 5.93. The average Bonchev–Trinajstić information content (AvgIpc) is 3.42. The van der Waals surface area contributed by atoms with E-state index in [1.807, 2.05) is 60.2 Å². The Hall–Kier alpha value is -3.63. The van der Waals surface area contributed by atoms with Crippen LogP contribution in [0.25, 0.3) is 21.0 Å². The SMILES string of the molecule is CN(C#N)C(=O)C(Cc1csc2ccccc12)NC(=O)CCCc1c[nH]c2ccccc12. The first-order valence-corrected chi connectivity index (χ1v) is 11.4. The quantitative estimate of drug-likeness (QED) is 0.312. The van der Waals surface area contributed by atoms with Crippen molar-refractivity contribution in [3.63, 3.8) is 0 Å². The van der Waals surface area contributed by atoms with E-state index in [-0.39, 0.29) is 5.91 Å². The molecular formula is C25H24N4O2S. The van der Waals surface area contributed by atoms with Gasteiger partial charge in [-0.3, -0.25) is 14.5 Å². The van der Waals surface area contributed by atoms with Crippen LogP contribution in [0.2, 0.25) is 0 Å². The fourth-order valence-electron chi connectivity index (χ4n) is 3.94. The van der Waals surface area contributed by atoms with E-state index >= 15 is 0 Å². The van der Waals surface area contributed by atoms with Crippen LogP contribution in [-0.2, 0) is 22.4 Å². The maximum Gasteiger partial charge on any atom is 0.258 e. The minimum absolute atomic E-state index is 0.186. The number of H-pyrrole nitrogens is 1. The van der Waals surface area contributed by atoms with Gasteiger partial charge in [0.15, 0.2) is 6.19 Å². The van der Waals surface area contributed by atoms with Crippen molar-refractivity contribution in [3.05, 3.63) is 71.2 Å². The molecule has 4 aromatic rings. The Kier molecular flexibility index (Phi) is 6.52. The van der Waals surface area contributed by atoms with Crippen molar-refractivity contribution in [2.75, 3.05) is 7.05 Å². The molecule has 2 amide bonds. The Balaban J connectivity index is 1.41. The summed E-state index contributed by atoms with van der Waals surface area (Å²) in [5.41, 5.74) is 3.25. The van der Waals surface area contributed by atoms with E-state index in [2.05, 4.69) is 16.4 Å². The number of thiophene rings is 1. The number of carbonyl (C=O) groups is 2. The third-order valence-electron chi connectivity index (χ3n) is 5.62. The zero-order chi connectivity index (χ0) is 22.5. The van der Waals surface area contributed by atoms with Gasteiger partial charge in [0.2, 0.25) is 5.91 Å². The van der Waals surface area contributed by atoms with E-state index in [1.165, 1.54) is 18.0 Å². The van der Waals surface area contributed by atoms with Crippen molar-refractivity contribution in [1.29, 1.82) is 5.26 Å². The molecular weight excluding hydrogens is 420 g/mol. The molecule has 0 spiro atoms. The van der Waals surface area contributed by atoms with Crippen LogP contribution in [0, 0.1) is 11.5 Å². The molecule has 0 fully saturated rings. The number of carbonyl (C=O) groups excluding carboxylic acids is 2. The van der Waals surface area contributed by atoms with Gasteiger partial charge >= 0.3 is 0 Å². The van der Waals surface area contributed by atoms with Crippen LogP contribution >= 0.6 is 11.3 Å². The van der Waals surface area contributed by atoms with Crippen molar-refractivity contribution in [3.8, 4) is 6.19 Å². The average molecular weight is 445 g/mol. The van der Waals surface area contributed by atoms with Crippen molar-refractivity contribution < 1.29 is 9.59 Å². The zero-order valence-electron chi connectivity index (χ0n) is 17.8. The van der Waals surface area contributed by atoms with E-state index in [1.54, 1.807) is 11.3 Å². The lowest BCUT2D eigenvalue weighted by atomic mass is 10.0. The zero-order valence-corrected chi connectivity index (χ0v) is 18.6. The Labute approximate surface area is 190 Å². The van der Waals surface area contributed by atoms with Crippen LogP contribution in [0.4, 0.5) is 0 Å². The van der Waals surface area contributed by atoms with Crippen LogP contribution in [0.15, 0.2) is 60.1 Å². The number of nitriles is 1. The number of hydrogen-bond acceptors (Lipinski definition) is 4. The number of fused-ring (bicyclic) bond motifs is 2. The summed E-state index contributed by atoms with van der Waals surface area (Å²) < 4.78 is 1.13. The molecule has 6 nitrogen and oxygen atoms in total. The fraction of sp³-hybridized carbons (Fsp3) is 0.240. The first-order chi connectivity index (χ1) is 15.6. The van der Waals surface area contributed by atoms with E-state index < -0.39 is 11.9 Å². The van der Waals surface area contributed by atoms with Gasteiger partial charge in [-0.15, -0.1) is 11.3 Å². The van der Waals surface area contributed by atoms with Crippen LogP contribution in [-0.4, -0.2) is 34.8 Å². The van der Waals surface area contributed by atoms with Gasteiger partial charge in [0.1, 0.15) is 6.04 Å². The molecule has 0 bridgehead atoms. The monoisotopic (exact) mass is 444 g/mol. The highest BCUT2D eigenvalue weighted by Crippen LogP contribution is 2.27. The highest BCUT2D eigenvalue weighted by atomic mass is 32.1. The Morgan fingerprint density at radius 1 is 1.12 bits per heavy atom. The Morgan fingerprint density at radius 2 is 1.88 bits per heavy atom. The second-order valence-corrected chi connectivity index (χ2v) is 8.70. The first kappa shape index (κ1) is 21.6. The number of hydrogen-bond donors (Lipinski definition) is 2. The van der Waals surface area contributed by atoms with Gasteiger partial charge in [-0.1, -0.05) is 36.4 Å². The van der Waals surface area contributed by atoms with Gasteiger partial charge < -0.3 is 10.3 Å². The summed E-state index contributed by atoms with van der Waals surface area (Å²) in [6.45, 7) is 0. The van der Waals surface area contributed by atoms with Crippen molar-refractivity contribution >= 4 is 44.1 Å². The number of aromatic nitrogens is 1. The predicted octanol–water partition coefficient (Wildman–Crippen LogP) is 4.37. The number of nitrogens with one attached hydrogen (secondary N) is 2. The molecule has 0 saturated carbocycles. The molecule has 2 aromatic carbocycles. The molecule has 0 saturated heterocycles. The van der Waals surface area contributed by atoms with E-state index in [0.717, 1.165) is 32.5 Å². The number of para-hydroxylation sites is 1. The summed E-state index contributed by atoms with van der Waals surface area (Å²) >= 11 is 1.61. The smallest absolute Gasteiger partial charge is 0.258 e. The number of benzene rings is 2. The highest BCUT2D eigenvalue weighted by Gasteiger charge is 2.25. The molecule has 4 rings (SSSR count). The molecule has 0 aliphatic rings.